The van der Waals surface area contributed by atoms with Gasteiger partial charge in [-0.2, -0.15) is 0 Å². The van der Waals surface area contributed by atoms with Crippen LogP contribution in [0.25, 0.3) is 10.8 Å². The Morgan fingerprint density at radius 1 is 0.581 bits per heavy atom. The van der Waals surface area contributed by atoms with E-state index in [9.17, 15) is 13.0 Å². The summed E-state index contributed by atoms with van der Waals surface area (Å²) in [4.78, 5) is 8.05. The number of fused-ring (bicyclic) bond motifs is 1. The predicted molar refractivity (Wildman–Crippen MR) is 179 cm³/mol. The number of hydrogen-bond donors (Lipinski definition) is 0. The minimum absolute atomic E-state index is 0. The second-order valence-electron chi connectivity index (χ2n) is 12.1. The molecule has 0 N–H and O–H groups in total. The maximum Gasteiger partial charge on any atom is 1.00 e. The van der Waals surface area contributed by atoms with E-state index in [0.717, 1.165) is 42.2 Å². The summed E-state index contributed by atoms with van der Waals surface area (Å²) in [5.41, 5.74) is 1.88. The van der Waals surface area contributed by atoms with E-state index in [1.54, 1.807) is 6.07 Å². The molecule has 2 aromatic rings. The van der Waals surface area contributed by atoms with Crippen LogP contribution < -0.4 is 29.6 Å². The summed E-state index contributed by atoms with van der Waals surface area (Å²) in [5, 5.41) is 1.47. The third-order valence-electron chi connectivity index (χ3n) is 8.53. The Morgan fingerprint density at radius 2 is 0.953 bits per heavy atom. The molecular weight excluding hydrogens is 563 g/mol. The molecule has 0 aliphatic rings. The van der Waals surface area contributed by atoms with E-state index in [2.05, 4.69) is 19.9 Å². The molecule has 0 aliphatic carbocycles. The summed E-state index contributed by atoms with van der Waals surface area (Å²) >= 11 is 0. The van der Waals surface area contributed by atoms with Gasteiger partial charge in [-0.1, -0.05) is 173 Å². The Bertz CT molecular complexity index is 1050. The molecule has 0 spiro atoms. The summed E-state index contributed by atoms with van der Waals surface area (Å²) < 4.78 is 37.6. The van der Waals surface area contributed by atoms with Gasteiger partial charge >= 0.3 is 29.6 Å². The largest absolute Gasteiger partial charge is 1.00 e. The fraction of sp³-hybridized carbons (Fsp3) is 0.703. The molecule has 2 aromatic carbocycles. The standard InChI is InChI=1S/C36H60O3S.CH2O.Na/c1-3-5-7-9-11-13-15-17-19-21-23-27-32-31-33-28-25-26-30-35(33)36(40(37,38)39)34(32)29-24-22-20-18-16-14-12-10-8-6-4-2;1-2;/h25-26,28,30-31H,3-24,27,29H2,1-2H3,(H,37,38,39);1H2;/q;;+1/p-1. The van der Waals surface area contributed by atoms with E-state index >= 15 is 0 Å². The van der Waals surface area contributed by atoms with Crippen molar-refractivity contribution < 1.29 is 47.3 Å². The Hall–Kier alpha value is -0.720. The average molecular weight is 625 g/mol. The molecule has 0 unspecified atom stereocenters. The van der Waals surface area contributed by atoms with Crippen LogP contribution in [0.1, 0.15) is 166 Å². The maximum atomic E-state index is 12.5. The Morgan fingerprint density at radius 3 is 1.37 bits per heavy atom. The van der Waals surface area contributed by atoms with Crippen LogP contribution in [0.3, 0.4) is 0 Å². The molecule has 240 valence electrons. The van der Waals surface area contributed by atoms with Crippen LogP contribution >= 0.6 is 0 Å². The van der Waals surface area contributed by atoms with Gasteiger partial charge in [-0.3, -0.25) is 0 Å². The molecule has 0 saturated heterocycles. The van der Waals surface area contributed by atoms with Gasteiger partial charge in [0.25, 0.3) is 0 Å². The van der Waals surface area contributed by atoms with Crippen LogP contribution in [0.2, 0.25) is 0 Å². The Kier molecular flexibility index (Phi) is 27.1. The fourth-order valence-electron chi connectivity index (χ4n) is 6.14. The number of hydrogen-bond acceptors (Lipinski definition) is 4. The SMILES string of the molecule is C=O.CCCCCCCCCCCCCc1cc2ccccc2c(S(=O)(=O)[O-])c1CCCCCCCCCCCCC.[Na+]. The van der Waals surface area contributed by atoms with Crippen molar-refractivity contribution in [3.63, 3.8) is 0 Å². The second kappa shape index (κ2) is 27.6. The molecule has 0 fully saturated rings. The molecule has 0 amide bonds. The first-order chi connectivity index (χ1) is 20.5. The van der Waals surface area contributed by atoms with Crippen molar-refractivity contribution in [1.29, 1.82) is 0 Å². The van der Waals surface area contributed by atoms with Crippen molar-refractivity contribution in [1.82, 2.24) is 0 Å². The average Bonchev–Trinajstić information content (AvgIpc) is 2.98. The Labute approximate surface area is 287 Å². The number of unbranched alkanes of at least 4 members (excludes halogenated alkanes) is 20. The van der Waals surface area contributed by atoms with E-state index in [0.29, 0.717) is 11.8 Å². The monoisotopic (exact) mass is 624 g/mol. The van der Waals surface area contributed by atoms with Gasteiger partial charge in [-0.05, 0) is 47.6 Å². The topological polar surface area (TPSA) is 74.3 Å². The first kappa shape index (κ1) is 42.3. The molecule has 0 aromatic heterocycles. The fourth-order valence-corrected chi connectivity index (χ4v) is 7.13. The molecule has 0 atom stereocenters. The molecule has 0 bridgehead atoms. The summed E-state index contributed by atoms with van der Waals surface area (Å²) in [6.07, 6.45) is 29.6. The Balaban J connectivity index is 0.00000575. The van der Waals surface area contributed by atoms with Gasteiger partial charge in [0.2, 0.25) is 0 Å². The molecule has 0 heterocycles. The third-order valence-corrected chi connectivity index (χ3v) is 9.49. The number of rotatable bonds is 25. The van der Waals surface area contributed by atoms with Crippen molar-refractivity contribution in [3.05, 3.63) is 41.5 Å². The van der Waals surface area contributed by atoms with E-state index in [4.69, 9.17) is 4.79 Å². The maximum absolute atomic E-state index is 12.5. The first-order valence-corrected chi connectivity index (χ1v) is 18.7. The van der Waals surface area contributed by atoms with Crippen LogP contribution in [-0.4, -0.2) is 19.8 Å². The van der Waals surface area contributed by atoms with Gasteiger partial charge in [0.15, 0.2) is 0 Å². The summed E-state index contributed by atoms with van der Waals surface area (Å²) in [5.74, 6) is 0. The van der Waals surface area contributed by atoms with Crippen LogP contribution in [-0.2, 0) is 27.8 Å². The predicted octanol–water partition coefficient (Wildman–Crippen LogP) is 8.27. The van der Waals surface area contributed by atoms with Crippen molar-refractivity contribution in [2.75, 3.05) is 0 Å². The summed E-state index contributed by atoms with van der Waals surface area (Å²) in [6, 6.07) is 9.68. The quantitative estimate of drug-likeness (QED) is 0.0633. The van der Waals surface area contributed by atoms with E-state index in [-0.39, 0.29) is 34.5 Å². The van der Waals surface area contributed by atoms with Gasteiger partial charge in [0.05, 0.1) is 4.90 Å². The van der Waals surface area contributed by atoms with Gasteiger partial charge in [0, 0.05) is 0 Å². The van der Waals surface area contributed by atoms with Gasteiger partial charge in [-0.15, -0.1) is 0 Å². The minimum Gasteiger partial charge on any atom is -0.744 e. The first-order valence-electron chi connectivity index (χ1n) is 17.3. The van der Waals surface area contributed by atoms with Crippen LogP contribution in [0, 0.1) is 0 Å². The number of benzene rings is 2. The van der Waals surface area contributed by atoms with Crippen LogP contribution in [0.5, 0.6) is 0 Å². The van der Waals surface area contributed by atoms with Gasteiger partial charge in [-0.25, -0.2) is 8.42 Å². The molecular formula is C37H61NaO4S. The van der Waals surface area contributed by atoms with E-state index in [1.165, 1.54) is 122 Å². The zero-order valence-electron chi connectivity index (χ0n) is 28.1. The van der Waals surface area contributed by atoms with Crippen molar-refractivity contribution in [2.24, 2.45) is 0 Å². The van der Waals surface area contributed by atoms with Crippen LogP contribution in [0.15, 0.2) is 35.2 Å². The summed E-state index contributed by atoms with van der Waals surface area (Å²) in [7, 11) is -4.55. The zero-order chi connectivity index (χ0) is 30.9. The number of carbonyl (C=O) groups excluding carboxylic acids is 1. The van der Waals surface area contributed by atoms with Gasteiger partial charge in [0.1, 0.15) is 16.9 Å². The molecule has 0 saturated carbocycles. The molecule has 4 nitrogen and oxygen atoms in total. The van der Waals surface area contributed by atoms with Crippen molar-refractivity contribution in [3.8, 4) is 0 Å². The molecule has 6 heteroatoms. The third kappa shape index (κ3) is 18.8. The normalized spacial score (nSPS) is 11.2. The molecule has 0 aliphatic heterocycles. The van der Waals surface area contributed by atoms with E-state index in [1.807, 2.05) is 25.0 Å². The van der Waals surface area contributed by atoms with Crippen molar-refractivity contribution in [2.45, 2.75) is 173 Å². The van der Waals surface area contributed by atoms with E-state index < -0.39 is 10.1 Å². The smallest absolute Gasteiger partial charge is 0.744 e. The minimum atomic E-state index is -4.55. The molecule has 2 rings (SSSR count). The zero-order valence-corrected chi connectivity index (χ0v) is 30.9. The molecule has 43 heavy (non-hydrogen) atoms. The van der Waals surface area contributed by atoms with Crippen LogP contribution in [0.4, 0.5) is 0 Å². The second-order valence-corrected chi connectivity index (χ2v) is 13.4. The summed E-state index contributed by atoms with van der Waals surface area (Å²) in [6.45, 7) is 6.52. The number of aryl methyl sites for hydroxylation is 1. The van der Waals surface area contributed by atoms with Crippen molar-refractivity contribution >= 4 is 27.7 Å². The molecule has 0 radical (unpaired) electrons. The van der Waals surface area contributed by atoms with Gasteiger partial charge < -0.3 is 9.35 Å². The number of carbonyl (C=O) groups is 1.